The van der Waals surface area contributed by atoms with Crippen LogP contribution in [0.1, 0.15) is 56.5 Å². The van der Waals surface area contributed by atoms with E-state index in [1.54, 1.807) is 19.2 Å². The number of unbranched alkanes of at least 4 members (excludes halogenated alkanes) is 1. The molecule has 0 saturated carbocycles. The number of hydrogen-bond acceptors (Lipinski definition) is 4. The number of hydrogen-bond donors (Lipinski definition) is 0. The highest BCUT2D eigenvalue weighted by molar-refractivity contribution is 5.78. The van der Waals surface area contributed by atoms with Crippen molar-refractivity contribution in [3.63, 3.8) is 0 Å². The van der Waals surface area contributed by atoms with Crippen LogP contribution in [-0.2, 0) is 5.41 Å². The zero-order chi connectivity index (χ0) is 19.2. The van der Waals surface area contributed by atoms with Crippen LogP contribution in [0.5, 0.6) is 23.0 Å². The van der Waals surface area contributed by atoms with Gasteiger partial charge in [-0.1, -0.05) is 52.3 Å². The molecule has 2 aromatic rings. The van der Waals surface area contributed by atoms with Crippen LogP contribution in [0.25, 0.3) is 0 Å². The summed E-state index contributed by atoms with van der Waals surface area (Å²) in [6.07, 6.45) is 2.73. The summed E-state index contributed by atoms with van der Waals surface area (Å²) in [7, 11) is 1.56. The molecular formula is C22H28O4. The number of methoxy groups -OCH3 is 1. The Hall–Kier alpha value is -2.49. The minimum Gasteiger partial charge on any atom is -0.493 e. The summed E-state index contributed by atoms with van der Waals surface area (Å²) in [6.45, 7) is 9.07. The quantitative estimate of drug-likeness (QED) is 0.444. The molecule has 0 saturated heterocycles. The third-order valence-electron chi connectivity index (χ3n) is 4.06. The molecule has 2 aromatic carbocycles. The summed E-state index contributed by atoms with van der Waals surface area (Å²) < 4.78 is 17.6. The van der Waals surface area contributed by atoms with Crippen molar-refractivity contribution in [1.82, 2.24) is 0 Å². The van der Waals surface area contributed by atoms with Gasteiger partial charge in [0.15, 0.2) is 11.5 Å². The average molecular weight is 356 g/mol. The zero-order valence-corrected chi connectivity index (χ0v) is 16.3. The maximum absolute atomic E-state index is 11.3. The van der Waals surface area contributed by atoms with Crippen molar-refractivity contribution in [2.45, 2.75) is 46.0 Å². The molecule has 0 aliphatic heterocycles. The molecule has 0 heterocycles. The molecule has 140 valence electrons. The summed E-state index contributed by atoms with van der Waals surface area (Å²) in [5.74, 6) is 2.24. The van der Waals surface area contributed by atoms with Crippen LogP contribution < -0.4 is 14.2 Å². The van der Waals surface area contributed by atoms with Gasteiger partial charge in [0.25, 0.3) is 0 Å². The molecule has 0 radical (unpaired) electrons. The monoisotopic (exact) mass is 356 g/mol. The highest BCUT2D eigenvalue weighted by atomic mass is 16.5. The molecule has 4 nitrogen and oxygen atoms in total. The predicted octanol–water partition coefficient (Wildman–Crippen LogP) is 5.78. The van der Waals surface area contributed by atoms with Crippen LogP contribution in [-0.4, -0.2) is 20.0 Å². The van der Waals surface area contributed by atoms with Crippen LogP contribution in [0.15, 0.2) is 36.4 Å². The molecule has 0 aliphatic rings. The van der Waals surface area contributed by atoms with E-state index >= 15 is 0 Å². The number of rotatable bonds is 8. The van der Waals surface area contributed by atoms with Gasteiger partial charge in [0.1, 0.15) is 12.0 Å². The summed E-state index contributed by atoms with van der Waals surface area (Å²) in [5.41, 5.74) is 1.48. The first-order valence-corrected chi connectivity index (χ1v) is 8.98. The fourth-order valence-electron chi connectivity index (χ4n) is 2.65. The number of carbonyl (C=O) groups is 1. The Kier molecular flexibility index (Phi) is 6.67. The molecular weight excluding hydrogens is 328 g/mol. The minimum atomic E-state index is -0.0772. The van der Waals surface area contributed by atoms with Crippen LogP contribution in [0.3, 0.4) is 0 Å². The van der Waals surface area contributed by atoms with E-state index < -0.39 is 0 Å². The fourth-order valence-corrected chi connectivity index (χ4v) is 2.65. The summed E-state index contributed by atoms with van der Waals surface area (Å²) >= 11 is 0. The lowest BCUT2D eigenvalue weighted by atomic mass is 9.86. The number of benzene rings is 2. The Morgan fingerprint density at radius 3 is 2.35 bits per heavy atom. The van der Waals surface area contributed by atoms with Crippen molar-refractivity contribution in [1.29, 1.82) is 0 Å². The lowest BCUT2D eigenvalue weighted by Gasteiger charge is -2.23. The van der Waals surface area contributed by atoms with E-state index in [-0.39, 0.29) is 5.41 Å². The third kappa shape index (κ3) is 4.78. The number of para-hydroxylation sites is 1. The van der Waals surface area contributed by atoms with Gasteiger partial charge in [0.05, 0.1) is 13.7 Å². The molecule has 0 aromatic heterocycles. The molecule has 0 fully saturated rings. The highest BCUT2D eigenvalue weighted by Gasteiger charge is 2.21. The average Bonchev–Trinajstić information content (AvgIpc) is 2.62. The molecule has 0 amide bonds. The molecule has 2 rings (SSSR count). The van der Waals surface area contributed by atoms with E-state index in [0.29, 0.717) is 29.4 Å². The summed E-state index contributed by atoms with van der Waals surface area (Å²) in [4.78, 5) is 11.3. The standard InChI is InChI=1S/C22H28O4/c1-6-7-12-25-21-19(24-5)13-16(15-23)14-20(21)26-18-11-9-8-10-17(18)22(2,3)4/h8-11,13-15H,6-7,12H2,1-5H3. The van der Waals surface area contributed by atoms with Crippen molar-refractivity contribution >= 4 is 6.29 Å². The highest BCUT2D eigenvalue weighted by Crippen LogP contribution is 2.43. The third-order valence-corrected chi connectivity index (χ3v) is 4.06. The van der Waals surface area contributed by atoms with E-state index in [1.807, 2.05) is 24.3 Å². The first-order chi connectivity index (χ1) is 12.4. The lowest BCUT2D eigenvalue weighted by Crippen LogP contribution is -2.12. The lowest BCUT2D eigenvalue weighted by molar-refractivity contribution is 0.112. The maximum Gasteiger partial charge on any atom is 0.204 e. The molecule has 0 N–H and O–H groups in total. The second-order valence-corrected chi connectivity index (χ2v) is 7.22. The van der Waals surface area contributed by atoms with Gasteiger partial charge in [-0.25, -0.2) is 0 Å². The second-order valence-electron chi connectivity index (χ2n) is 7.22. The van der Waals surface area contributed by atoms with Crippen molar-refractivity contribution in [3.8, 4) is 23.0 Å². The Morgan fingerprint density at radius 1 is 1.04 bits per heavy atom. The SMILES string of the molecule is CCCCOc1c(OC)cc(C=O)cc1Oc1ccccc1C(C)(C)C. The van der Waals surface area contributed by atoms with Gasteiger partial charge in [-0.05, 0) is 30.0 Å². The molecule has 0 aliphatic carbocycles. The van der Waals surface area contributed by atoms with Gasteiger partial charge in [-0.15, -0.1) is 0 Å². The molecule has 4 heteroatoms. The molecule has 26 heavy (non-hydrogen) atoms. The van der Waals surface area contributed by atoms with E-state index in [2.05, 4.69) is 27.7 Å². The Balaban J connectivity index is 2.49. The van der Waals surface area contributed by atoms with Gasteiger partial charge in [0.2, 0.25) is 5.75 Å². The van der Waals surface area contributed by atoms with Crippen LogP contribution in [0.2, 0.25) is 0 Å². The first kappa shape index (κ1) is 19.8. The number of aldehydes is 1. The normalized spacial score (nSPS) is 11.1. The second kappa shape index (κ2) is 8.75. The van der Waals surface area contributed by atoms with E-state index in [0.717, 1.165) is 30.4 Å². The summed E-state index contributed by atoms with van der Waals surface area (Å²) in [5, 5.41) is 0. The maximum atomic E-state index is 11.3. The predicted molar refractivity (Wildman–Crippen MR) is 104 cm³/mol. The van der Waals surface area contributed by atoms with Crippen LogP contribution >= 0.6 is 0 Å². The van der Waals surface area contributed by atoms with E-state index in [1.165, 1.54) is 0 Å². The fraction of sp³-hybridized carbons (Fsp3) is 0.409. The minimum absolute atomic E-state index is 0.0772. The largest absolute Gasteiger partial charge is 0.493 e. The summed E-state index contributed by atoms with van der Waals surface area (Å²) in [6, 6.07) is 11.3. The van der Waals surface area contributed by atoms with E-state index in [4.69, 9.17) is 14.2 Å². The van der Waals surface area contributed by atoms with Gasteiger partial charge < -0.3 is 14.2 Å². The number of carbonyl (C=O) groups excluding carboxylic acids is 1. The van der Waals surface area contributed by atoms with Gasteiger partial charge >= 0.3 is 0 Å². The van der Waals surface area contributed by atoms with Crippen molar-refractivity contribution in [2.75, 3.05) is 13.7 Å². The van der Waals surface area contributed by atoms with Gasteiger partial charge in [-0.2, -0.15) is 0 Å². The topological polar surface area (TPSA) is 44.8 Å². The molecule has 0 spiro atoms. The van der Waals surface area contributed by atoms with Gasteiger partial charge in [0, 0.05) is 11.1 Å². The van der Waals surface area contributed by atoms with Crippen molar-refractivity contribution < 1.29 is 19.0 Å². The Bertz CT molecular complexity index is 744. The molecule has 0 unspecified atom stereocenters. The van der Waals surface area contributed by atoms with E-state index in [9.17, 15) is 4.79 Å². The van der Waals surface area contributed by atoms with Gasteiger partial charge in [-0.3, -0.25) is 4.79 Å². The van der Waals surface area contributed by atoms with Crippen molar-refractivity contribution in [3.05, 3.63) is 47.5 Å². The van der Waals surface area contributed by atoms with Crippen molar-refractivity contribution in [2.24, 2.45) is 0 Å². The first-order valence-electron chi connectivity index (χ1n) is 8.98. The van der Waals surface area contributed by atoms with Crippen LogP contribution in [0, 0.1) is 0 Å². The molecule has 0 atom stereocenters. The Labute approximate surface area is 156 Å². The Morgan fingerprint density at radius 2 is 1.73 bits per heavy atom. The van der Waals surface area contributed by atoms with Crippen LogP contribution in [0.4, 0.5) is 0 Å². The molecule has 0 bridgehead atoms. The zero-order valence-electron chi connectivity index (χ0n) is 16.3. The number of ether oxygens (including phenoxy) is 3. The smallest absolute Gasteiger partial charge is 0.204 e.